The fourth-order valence-corrected chi connectivity index (χ4v) is 1.43. The van der Waals surface area contributed by atoms with Crippen LogP contribution in [0, 0.1) is 0 Å². The van der Waals surface area contributed by atoms with Gasteiger partial charge in [-0.25, -0.2) is 9.59 Å². The molecule has 0 fully saturated rings. The molecule has 0 bridgehead atoms. The molecule has 0 saturated heterocycles. The molecule has 1 unspecified atom stereocenters. The number of aliphatic carboxylic acids is 1. The number of carbonyl (C=O) groups is 2. The minimum absolute atomic E-state index is 0.0617. The van der Waals surface area contributed by atoms with Crippen molar-refractivity contribution in [2.24, 2.45) is 0 Å². The molecular weight excluding hydrogens is 214 g/mol. The largest absolute Gasteiger partial charge is 0.478 e. The first kappa shape index (κ1) is 10.3. The lowest BCUT2D eigenvalue weighted by Gasteiger charge is -2.24. The molecule has 2 rings (SSSR count). The molecule has 0 saturated carbocycles. The molecule has 1 atom stereocenters. The molecule has 84 valence electrons. The number of ether oxygens (including phenoxy) is 1. The number of hydrogen-bond donors (Lipinski definition) is 3. The van der Waals surface area contributed by atoms with Crippen LogP contribution in [-0.2, 0) is 4.79 Å². The number of aromatic carboxylic acids is 1. The number of hydrogen-bond acceptors (Lipinski definition) is 4. The number of carboxylic acids is 2. The summed E-state index contributed by atoms with van der Waals surface area (Å²) in [6.07, 6.45) is -0.989. The zero-order valence-corrected chi connectivity index (χ0v) is 8.14. The Kier molecular flexibility index (Phi) is 2.40. The molecule has 0 aromatic heterocycles. The average Bonchev–Trinajstić information content (AvgIpc) is 2.27. The third-order valence-corrected chi connectivity index (χ3v) is 2.25. The number of carboxylic acid groups (broad SMARTS) is 2. The van der Waals surface area contributed by atoms with Crippen LogP contribution < -0.4 is 10.1 Å². The molecule has 1 heterocycles. The van der Waals surface area contributed by atoms with E-state index in [1.807, 2.05) is 0 Å². The van der Waals surface area contributed by atoms with Crippen LogP contribution in [0.15, 0.2) is 18.2 Å². The Hall–Kier alpha value is -2.24. The van der Waals surface area contributed by atoms with Crippen molar-refractivity contribution in [3.63, 3.8) is 0 Å². The van der Waals surface area contributed by atoms with Crippen LogP contribution in [0.3, 0.4) is 0 Å². The molecule has 1 aliphatic rings. The van der Waals surface area contributed by atoms with E-state index in [2.05, 4.69) is 5.32 Å². The zero-order valence-electron chi connectivity index (χ0n) is 8.14. The van der Waals surface area contributed by atoms with E-state index in [-0.39, 0.29) is 17.9 Å². The molecule has 0 amide bonds. The van der Waals surface area contributed by atoms with Gasteiger partial charge in [0.2, 0.25) is 6.10 Å². The number of benzene rings is 1. The Balaban J connectivity index is 2.32. The van der Waals surface area contributed by atoms with Crippen LogP contribution in [0.4, 0.5) is 5.69 Å². The summed E-state index contributed by atoms with van der Waals surface area (Å²) in [5, 5.41) is 20.4. The van der Waals surface area contributed by atoms with Crippen molar-refractivity contribution in [2.45, 2.75) is 6.10 Å². The smallest absolute Gasteiger partial charge is 0.346 e. The summed E-state index contributed by atoms with van der Waals surface area (Å²) in [7, 11) is 0. The van der Waals surface area contributed by atoms with Crippen molar-refractivity contribution in [3.05, 3.63) is 23.8 Å². The highest BCUT2D eigenvalue weighted by molar-refractivity contribution is 5.89. The van der Waals surface area contributed by atoms with Crippen LogP contribution in [0.5, 0.6) is 5.75 Å². The molecule has 16 heavy (non-hydrogen) atoms. The predicted octanol–water partition coefficient (Wildman–Crippen LogP) is 0.642. The highest BCUT2D eigenvalue weighted by Gasteiger charge is 2.25. The quantitative estimate of drug-likeness (QED) is 0.681. The Morgan fingerprint density at radius 2 is 2.12 bits per heavy atom. The lowest BCUT2D eigenvalue weighted by atomic mass is 10.1. The predicted molar refractivity (Wildman–Crippen MR) is 53.9 cm³/mol. The summed E-state index contributed by atoms with van der Waals surface area (Å²) in [4.78, 5) is 21.4. The van der Waals surface area contributed by atoms with Crippen LogP contribution >= 0.6 is 0 Å². The molecular formula is C10H9NO5. The van der Waals surface area contributed by atoms with Gasteiger partial charge in [0.05, 0.1) is 17.8 Å². The topological polar surface area (TPSA) is 95.9 Å². The first-order chi connectivity index (χ1) is 7.58. The van der Waals surface area contributed by atoms with E-state index in [1.54, 1.807) is 6.07 Å². The number of anilines is 1. The average molecular weight is 223 g/mol. The molecule has 0 spiro atoms. The highest BCUT2D eigenvalue weighted by Crippen LogP contribution is 2.30. The molecule has 0 aliphatic carbocycles. The van der Waals surface area contributed by atoms with E-state index >= 15 is 0 Å². The van der Waals surface area contributed by atoms with Crippen molar-refractivity contribution in [3.8, 4) is 5.75 Å². The SMILES string of the molecule is O=C(O)c1ccc2c(c1)OC(C(=O)O)CN2. The fraction of sp³-hybridized carbons (Fsp3) is 0.200. The molecule has 6 nitrogen and oxygen atoms in total. The van der Waals surface area contributed by atoms with Gasteiger partial charge in [-0.05, 0) is 18.2 Å². The molecule has 1 aromatic rings. The normalized spacial score (nSPS) is 17.9. The maximum absolute atomic E-state index is 10.7. The summed E-state index contributed by atoms with van der Waals surface area (Å²) >= 11 is 0. The van der Waals surface area contributed by atoms with Crippen molar-refractivity contribution in [2.75, 3.05) is 11.9 Å². The minimum Gasteiger partial charge on any atom is -0.478 e. The van der Waals surface area contributed by atoms with Gasteiger partial charge in [0.25, 0.3) is 0 Å². The molecule has 1 aromatic carbocycles. The molecule has 3 N–H and O–H groups in total. The lowest BCUT2D eigenvalue weighted by molar-refractivity contribution is -0.144. The van der Waals surface area contributed by atoms with E-state index in [9.17, 15) is 9.59 Å². The maximum Gasteiger partial charge on any atom is 0.346 e. The van der Waals surface area contributed by atoms with Gasteiger partial charge in [-0.1, -0.05) is 0 Å². The monoisotopic (exact) mass is 223 g/mol. The summed E-state index contributed by atoms with van der Waals surface area (Å²) in [6, 6.07) is 4.29. The zero-order chi connectivity index (χ0) is 11.7. The van der Waals surface area contributed by atoms with Crippen LogP contribution in [0.1, 0.15) is 10.4 Å². The summed E-state index contributed by atoms with van der Waals surface area (Å²) in [6.45, 7) is 0.161. The second-order valence-corrected chi connectivity index (χ2v) is 3.34. The Bertz CT molecular complexity index is 457. The third-order valence-electron chi connectivity index (χ3n) is 2.25. The van der Waals surface area contributed by atoms with Crippen LogP contribution in [-0.4, -0.2) is 34.8 Å². The Morgan fingerprint density at radius 3 is 2.75 bits per heavy atom. The second-order valence-electron chi connectivity index (χ2n) is 3.34. The van der Waals surface area contributed by atoms with Crippen molar-refractivity contribution in [1.29, 1.82) is 0 Å². The standard InChI is InChI=1S/C10H9NO5/c12-9(13)5-1-2-6-7(3-5)16-8(4-11-6)10(14)15/h1-3,8,11H,4H2,(H,12,13)(H,14,15). The van der Waals surface area contributed by atoms with E-state index in [0.29, 0.717) is 5.69 Å². The van der Waals surface area contributed by atoms with Crippen LogP contribution in [0.25, 0.3) is 0 Å². The van der Waals surface area contributed by atoms with Gasteiger partial charge < -0.3 is 20.3 Å². The summed E-state index contributed by atoms with van der Waals surface area (Å²) in [5.74, 6) is -1.92. The van der Waals surface area contributed by atoms with Gasteiger partial charge in [0.15, 0.2) is 0 Å². The summed E-state index contributed by atoms with van der Waals surface area (Å²) < 4.78 is 5.16. The molecule has 1 aliphatic heterocycles. The lowest BCUT2D eigenvalue weighted by Crippen LogP contribution is -2.37. The van der Waals surface area contributed by atoms with Gasteiger partial charge in [-0.15, -0.1) is 0 Å². The van der Waals surface area contributed by atoms with Crippen LogP contribution in [0.2, 0.25) is 0 Å². The number of nitrogens with one attached hydrogen (secondary N) is 1. The number of fused-ring (bicyclic) bond motifs is 1. The Morgan fingerprint density at radius 1 is 1.38 bits per heavy atom. The first-order valence-corrected chi connectivity index (χ1v) is 4.58. The van der Waals surface area contributed by atoms with E-state index in [1.165, 1.54) is 12.1 Å². The van der Waals surface area contributed by atoms with Gasteiger partial charge in [0.1, 0.15) is 5.75 Å². The van der Waals surface area contributed by atoms with Crippen molar-refractivity contribution >= 4 is 17.6 Å². The Labute approximate surface area is 90.5 Å². The van der Waals surface area contributed by atoms with Gasteiger partial charge in [0, 0.05) is 0 Å². The van der Waals surface area contributed by atoms with Gasteiger partial charge >= 0.3 is 11.9 Å². The van der Waals surface area contributed by atoms with Gasteiger partial charge in [-0.2, -0.15) is 0 Å². The molecule has 0 radical (unpaired) electrons. The summed E-state index contributed by atoms with van der Waals surface area (Å²) in [5.41, 5.74) is 0.661. The highest BCUT2D eigenvalue weighted by atomic mass is 16.5. The first-order valence-electron chi connectivity index (χ1n) is 4.58. The third kappa shape index (κ3) is 1.77. The van der Waals surface area contributed by atoms with E-state index < -0.39 is 18.0 Å². The second kappa shape index (κ2) is 3.73. The van der Waals surface area contributed by atoms with Crippen molar-refractivity contribution in [1.82, 2.24) is 0 Å². The van der Waals surface area contributed by atoms with E-state index in [0.717, 1.165) is 0 Å². The molecule has 6 heteroatoms. The fourth-order valence-electron chi connectivity index (χ4n) is 1.43. The van der Waals surface area contributed by atoms with Gasteiger partial charge in [-0.3, -0.25) is 0 Å². The van der Waals surface area contributed by atoms with Crippen molar-refractivity contribution < 1.29 is 24.5 Å². The minimum atomic E-state index is -1.08. The maximum atomic E-state index is 10.7. The van der Waals surface area contributed by atoms with E-state index in [4.69, 9.17) is 14.9 Å². The number of rotatable bonds is 2.